The van der Waals surface area contributed by atoms with E-state index in [2.05, 4.69) is 15.1 Å². The van der Waals surface area contributed by atoms with Crippen LogP contribution in [0.4, 0.5) is 15.0 Å². The van der Waals surface area contributed by atoms with Crippen molar-refractivity contribution in [1.82, 2.24) is 15.1 Å². The second kappa shape index (κ2) is 6.83. The number of hydrogen-bond acceptors (Lipinski definition) is 4. The Morgan fingerprint density at radius 3 is 2.44 bits per heavy atom. The lowest BCUT2D eigenvalue weighted by atomic mass is 10.0. The zero-order valence-electron chi connectivity index (χ0n) is 15.0. The number of anilines is 1. The maximum Gasteiger partial charge on any atom is 0.315 e. The number of fused-ring (bicyclic) bond motifs is 1. The third-order valence-corrected chi connectivity index (χ3v) is 5.00. The first-order valence-electron chi connectivity index (χ1n) is 8.87. The number of primary amides is 1. The molecular formula is C20H20FN5O. The molecule has 2 N–H and O–H groups in total. The molecule has 0 radical (unpaired) electrons. The van der Waals surface area contributed by atoms with Gasteiger partial charge in [0.2, 0.25) is 0 Å². The molecule has 3 aromatic rings. The van der Waals surface area contributed by atoms with Gasteiger partial charge in [-0.25, -0.2) is 9.18 Å². The van der Waals surface area contributed by atoms with Crippen LogP contribution in [0.5, 0.6) is 0 Å². The van der Waals surface area contributed by atoms with E-state index in [-0.39, 0.29) is 11.9 Å². The van der Waals surface area contributed by atoms with E-state index in [0.29, 0.717) is 19.6 Å². The molecule has 138 valence electrons. The number of carbonyl (C=O) groups excluding carboxylic acids is 1. The van der Waals surface area contributed by atoms with Crippen LogP contribution in [-0.4, -0.2) is 46.8 Å². The van der Waals surface area contributed by atoms with E-state index in [0.717, 1.165) is 27.8 Å². The molecule has 1 fully saturated rings. The smallest absolute Gasteiger partial charge is 0.315 e. The molecule has 1 atom stereocenters. The highest BCUT2D eigenvalue weighted by Gasteiger charge is 2.28. The number of hydrogen-bond donors (Lipinski definition) is 1. The molecule has 7 heteroatoms. The van der Waals surface area contributed by atoms with E-state index in [1.54, 1.807) is 17.0 Å². The van der Waals surface area contributed by atoms with Crippen LogP contribution >= 0.6 is 0 Å². The first-order valence-corrected chi connectivity index (χ1v) is 8.87. The van der Waals surface area contributed by atoms with Crippen LogP contribution in [0.25, 0.3) is 22.0 Å². The van der Waals surface area contributed by atoms with Crippen LogP contribution in [0, 0.1) is 5.82 Å². The molecular weight excluding hydrogens is 345 g/mol. The summed E-state index contributed by atoms with van der Waals surface area (Å²) in [5, 5.41) is 10.9. The fourth-order valence-electron chi connectivity index (χ4n) is 3.62. The highest BCUT2D eigenvalue weighted by molar-refractivity contribution is 6.00. The van der Waals surface area contributed by atoms with Crippen molar-refractivity contribution in [2.45, 2.75) is 13.0 Å². The topological polar surface area (TPSA) is 75.3 Å². The van der Waals surface area contributed by atoms with Crippen LogP contribution < -0.4 is 10.6 Å². The third-order valence-electron chi connectivity index (χ3n) is 5.00. The SMILES string of the molecule is CC1CN(c2nnc(-c3ccc(F)cc3)c3ccccc23)CCN1C(N)=O. The molecule has 1 aliphatic rings. The summed E-state index contributed by atoms with van der Waals surface area (Å²) in [5.74, 6) is 0.501. The van der Waals surface area contributed by atoms with Crippen LogP contribution in [0.3, 0.4) is 0 Å². The second-order valence-corrected chi connectivity index (χ2v) is 6.75. The Hall–Kier alpha value is -3.22. The van der Waals surface area contributed by atoms with Gasteiger partial charge in [0.25, 0.3) is 0 Å². The molecule has 6 nitrogen and oxygen atoms in total. The van der Waals surface area contributed by atoms with Gasteiger partial charge in [-0.3, -0.25) is 0 Å². The maximum absolute atomic E-state index is 13.3. The Kier molecular flexibility index (Phi) is 4.35. The summed E-state index contributed by atoms with van der Waals surface area (Å²) in [7, 11) is 0. The first kappa shape index (κ1) is 17.2. The van der Waals surface area contributed by atoms with Crippen molar-refractivity contribution < 1.29 is 9.18 Å². The van der Waals surface area contributed by atoms with Gasteiger partial charge < -0.3 is 15.5 Å². The number of rotatable bonds is 2. The van der Waals surface area contributed by atoms with E-state index in [9.17, 15) is 9.18 Å². The summed E-state index contributed by atoms with van der Waals surface area (Å²) in [6.07, 6.45) is 0. The molecule has 27 heavy (non-hydrogen) atoms. The summed E-state index contributed by atoms with van der Waals surface area (Å²) < 4.78 is 13.3. The zero-order chi connectivity index (χ0) is 19.0. The predicted octanol–water partition coefficient (Wildman–Crippen LogP) is 3.03. The van der Waals surface area contributed by atoms with Gasteiger partial charge >= 0.3 is 6.03 Å². The molecule has 0 aliphatic carbocycles. The molecule has 0 bridgehead atoms. The van der Waals surface area contributed by atoms with Crippen molar-refractivity contribution in [1.29, 1.82) is 0 Å². The van der Waals surface area contributed by atoms with Gasteiger partial charge in [0.15, 0.2) is 5.82 Å². The van der Waals surface area contributed by atoms with E-state index < -0.39 is 6.03 Å². The summed E-state index contributed by atoms with van der Waals surface area (Å²) in [6.45, 7) is 3.80. The van der Waals surface area contributed by atoms with Gasteiger partial charge in [0, 0.05) is 42.0 Å². The second-order valence-electron chi connectivity index (χ2n) is 6.75. The van der Waals surface area contributed by atoms with E-state index >= 15 is 0 Å². The molecule has 1 unspecified atom stereocenters. The minimum Gasteiger partial charge on any atom is -0.351 e. The average molecular weight is 365 g/mol. The number of nitrogens with two attached hydrogens (primary N) is 1. The molecule has 0 saturated carbocycles. The van der Waals surface area contributed by atoms with Crippen molar-refractivity contribution in [2.75, 3.05) is 24.5 Å². The summed E-state index contributed by atoms with van der Waals surface area (Å²) in [4.78, 5) is 15.3. The normalized spacial score (nSPS) is 17.3. The van der Waals surface area contributed by atoms with Gasteiger partial charge in [-0.1, -0.05) is 24.3 Å². The van der Waals surface area contributed by atoms with Crippen LogP contribution in [0.2, 0.25) is 0 Å². The van der Waals surface area contributed by atoms with Crippen LogP contribution in [0.1, 0.15) is 6.92 Å². The van der Waals surface area contributed by atoms with Gasteiger partial charge in [-0.15, -0.1) is 10.2 Å². The largest absolute Gasteiger partial charge is 0.351 e. The standard InChI is InChI=1S/C20H20FN5O/c1-13-12-25(10-11-26(13)20(22)27)19-17-5-3-2-4-16(17)18(23-24-19)14-6-8-15(21)9-7-14/h2-9,13H,10-12H2,1H3,(H2,22,27). The lowest BCUT2D eigenvalue weighted by Gasteiger charge is -2.39. The average Bonchev–Trinajstić information content (AvgIpc) is 2.67. The number of halogens is 1. The van der Waals surface area contributed by atoms with Gasteiger partial charge in [0.05, 0.1) is 0 Å². The number of aromatic nitrogens is 2. The van der Waals surface area contributed by atoms with Crippen molar-refractivity contribution in [3.05, 3.63) is 54.3 Å². The summed E-state index contributed by atoms with van der Waals surface area (Å²) in [6, 6.07) is 13.8. The number of nitrogens with zero attached hydrogens (tertiary/aromatic N) is 4. The summed E-state index contributed by atoms with van der Waals surface area (Å²) in [5.41, 5.74) is 6.98. The molecule has 2 heterocycles. The minimum absolute atomic E-state index is 0.00594. The molecule has 2 aromatic carbocycles. The van der Waals surface area contributed by atoms with Gasteiger partial charge in [0.1, 0.15) is 11.5 Å². The number of urea groups is 1. The van der Waals surface area contributed by atoms with Crippen LogP contribution in [0.15, 0.2) is 48.5 Å². The Bertz CT molecular complexity index is 991. The summed E-state index contributed by atoms with van der Waals surface area (Å²) >= 11 is 0. The van der Waals surface area contributed by atoms with Crippen molar-refractivity contribution in [3.63, 3.8) is 0 Å². The lowest BCUT2D eigenvalue weighted by molar-refractivity contribution is 0.180. The molecule has 1 aromatic heterocycles. The number of piperazine rings is 1. The first-order chi connectivity index (χ1) is 13.0. The third kappa shape index (κ3) is 3.16. The molecule has 1 aliphatic heterocycles. The quantitative estimate of drug-likeness (QED) is 0.757. The van der Waals surface area contributed by atoms with Gasteiger partial charge in [-0.05, 0) is 31.2 Å². The van der Waals surface area contributed by atoms with Crippen molar-refractivity contribution in [2.24, 2.45) is 5.73 Å². The lowest BCUT2D eigenvalue weighted by Crippen LogP contribution is -2.55. The van der Waals surface area contributed by atoms with Crippen molar-refractivity contribution in [3.8, 4) is 11.3 Å². The maximum atomic E-state index is 13.3. The fraction of sp³-hybridized carbons (Fsp3) is 0.250. The molecule has 1 saturated heterocycles. The monoisotopic (exact) mass is 365 g/mol. The molecule has 4 rings (SSSR count). The fourth-order valence-corrected chi connectivity index (χ4v) is 3.62. The highest BCUT2D eigenvalue weighted by Crippen LogP contribution is 2.32. The van der Waals surface area contributed by atoms with Crippen molar-refractivity contribution >= 4 is 22.6 Å². The van der Waals surface area contributed by atoms with Gasteiger partial charge in [-0.2, -0.15) is 0 Å². The Labute approximate surface area is 156 Å². The van der Waals surface area contributed by atoms with E-state index in [1.165, 1.54) is 12.1 Å². The number of carbonyl (C=O) groups is 1. The van der Waals surface area contributed by atoms with E-state index in [4.69, 9.17) is 5.73 Å². The van der Waals surface area contributed by atoms with Crippen LogP contribution in [-0.2, 0) is 0 Å². The Morgan fingerprint density at radius 2 is 1.78 bits per heavy atom. The van der Waals surface area contributed by atoms with E-state index in [1.807, 2.05) is 31.2 Å². The predicted molar refractivity (Wildman–Crippen MR) is 103 cm³/mol. The zero-order valence-corrected chi connectivity index (χ0v) is 15.0. The number of benzene rings is 2. The number of amides is 2. The Morgan fingerprint density at radius 1 is 1.07 bits per heavy atom. The minimum atomic E-state index is -0.398. The molecule has 2 amide bonds. The highest BCUT2D eigenvalue weighted by atomic mass is 19.1. The molecule has 0 spiro atoms. The Balaban J connectivity index is 1.75.